The highest BCUT2D eigenvalue weighted by Gasteiger charge is 2.45. The number of hydrogen-bond acceptors (Lipinski definition) is 11. The molecular weight excluding hydrogens is 468 g/mol. The first-order valence-electron chi connectivity index (χ1n) is 10.4. The summed E-state index contributed by atoms with van der Waals surface area (Å²) in [6.45, 7) is -0.661. The maximum Gasteiger partial charge on any atom is 0.402 e. The Kier molecular flexibility index (Phi) is 6.74. The highest BCUT2D eigenvalue weighted by atomic mass is 16.7. The van der Waals surface area contributed by atoms with Crippen molar-refractivity contribution >= 4 is 11.0 Å². The van der Waals surface area contributed by atoms with Crippen LogP contribution in [-0.2, 0) is 4.74 Å². The Morgan fingerprint density at radius 2 is 1.51 bits per heavy atom. The molecule has 0 aliphatic carbocycles. The van der Waals surface area contributed by atoms with Crippen LogP contribution < -0.4 is 14.2 Å². The van der Waals surface area contributed by atoms with Gasteiger partial charge in [-0.05, 0) is 0 Å². The molecule has 0 amide bonds. The Morgan fingerprint density at radius 3 is 2.11 bits per heavy atom. The number of benzene rings is 2. The summed E-state index contributed by atoms with van der Waals surface area (Å²) < 4.78 is 27.5. The number of phenolic OH excluding ortho intramolecular Hbond substituents is 3. The molecule has 0 unspecified atom stereocenters. The zero-order chi connectivity index (χ0) is 25.4. The van der Waals surface area contributed by atoms with Crippen molar-refractivity contribution in [2.24, 2.45) is 0 Å². The zero-order valence-electron chi connectivity index (χ0n) is 18.7. The minimum Gasteiger partial charge on any atom is -0.507 e. The van der Waals surface area contributed by atoms with Gasteiger partial charge in [0, 0.05) is 24.3 Å². The van der Waals surface area contributed by atoms with E-state index in [2.05, 4.69) is 0 Å². The van der Waals surface area contributed by atoms with Gasteiger partial charge in [-0.1, -0.05) is 0 Å². The molecule has 1 fully saturated rings. The molecule has 0 spiro atoms. The van der Waals surface area contributed by atoms with Crippen LogP contribution in [0.1, 0.15) is 0 Å². The topological polar surface area (TPSA) is 190 Å². The number of aromatic hydroxyl groups is 3. The van der Waals surface area contributed by atoms with E-state index >= 15 is 0 Å². The van der Waals surface area contributed by atoms with Gasteiger partial charge in [0.25, 0.3) is 0 Å². The first-order valence-corrected chi connectivity index (χ1v) is 10.4. The van der Waals surface area contributed by atoms with E-state index in [9.17, 15) is 35.7 Å². The fourth-order valence-corrected chi connectivity index (χ4v) is 3.79. The zero-order valence-corrected chi connectivity index (χ0v) is 18.7. The molecule has 0 radical (unpaired) electrons. The van der Waals surface area contributed by atoms with Gasteiger partial charge in [0.1, 0.15) is 41.3 Å². The van der Waals surface area contributed by atoms with E-state index in [1.54, 1.807) is 0 Å². The maximum absolute atomic E-state index is 10.4. The number of aliphatic hydroxyl groups excluding tert-OH is 4. The van der Waals surface area contributed by atoms with E-state index in [0.717, 1.165) is 6.07 Å². The van der Waals surface area contributed by atoms with E-state index in [1.165, 1.54) is 38.5 Å². The summed E-state index contributed by atoms with van der Waals surface area (Å²) in [4.78, 5) is 0. The fourth-order valence-electron chi connectivity index (χ4n) is 3.79. The summed E-state index contributed by atoms with van der Waals surface area (Å²) in [5.41, 5.74) is 0.325. The third-order valence-corrected chi connectivity index (χ3v) is 5.65. The molecule has 12 heteroatoms. The van der Waals surface area contributed by atoms with Crippen molar-refractivity contribution in [1.82, 2.24) is 0 Å². The summed E-state index contributed by atoms with van der Waals surface area (Å²) in [7, 11) is 2.66. The van der Waals surface area contributed by atoms with E-state index in [4.69, 9.17) is 23.4 Å². The molecule has 35 heavy (non-hydrogen) atoms. The van der Waals surface area contributed by atoms with Gasteiger partial charge in [-0.25, -0.2) is 4.42 Å². The van der Waals surface area contributed by atoms with Gasteiger partial charge < -0.3 is 54.7 Å². The van der Waals surface area contributed by atoms with Crippen LogP contribution in [0.4, 0.5) is 0 Å². The van der Waals surface area contributed by atoms with Gasteiger partial charge in [-0.15, -0.1) is 0 Å². The second-order valence-electron chi connectivity index (χ2n) is 7.86. The number of aliphatic hydroxyl groups is 4. The smallest absolute Gasteiger partial charge is 0.402 e. The molecule has 0 saturated carbocycles. The average Bonchev–Trinajstić information content (AvgIpc) is 2.84. The van der Waals surface area contributed by atoms with Crippen LogP contribution in [0.15, 0.2) is 34.7 Å². The highest BCUT2D eigenvalue weighted by Crippen LogP contribution is 2.45. The van der Waals surface area contributed by atoms with E-state index < -0.39 is 37.3 Å². The van der Waals surface area contributed by atoms with Gasteiger partial charge in [0.2, 0.25) is 17.8 Å². The number of hydrogen-bond donors (Lipinski definition) is 7. The Balaban J connectivity index is 1.89. The normalized spacial score (nSPS) is 24.3. The minimum atomic E-state index is -1.71. The average molecular weight is 493 g/mol. The Morgan fingerprint density at radius 1 is 0.857 bits per heavy atom. The predicted molar refractivity (Wildman–Crippen MR) is 119 cm³/mol. The van der Waals surface area contributed by atoms with Crippen molar-refractivity contribution in [1.29, 1.82) is 0 Å². The van der Waals surface area contributed by atoms with Crippen molar-refractivity contribution in [3.8, 4) is 45.8 Å². The second-order valence-corrected chi connectivity index (χ2v) is 7.86. The molecule has 2 heterocycles. The number of phenols is 3. The van der Waals surface area contributed by atoms with Gasteiger partial charge in [-0.2, -0.15) is 0 Å². The third-order valence-electron chi connectivity index (χ3n) is 5.65. The summed E-state index contributed by atoms with van der Waals surface area (Å²) in [5.74, 6) is -0.928. The molecule has 1 aliphatic heterocycles. The Labute approximate surface area is 198 Å². The SMILES string of the molecule is COc1cc(-c2[o+]c3cc(O)cc(O)c3cc2O[C@H]2O[C@@H](CO)[C@@H](O)[C@@H](O)[C@@H]2O)cc(OC)c1O. The molecule has 3 aromatic rings. The van der Waals surface area contributed by atoms with Crippen LogP contribution in [-0.4, -0.2) is 87.3 Å². The molecule has 1 aromatic heterocycles. The van der Waals surface area contributed by atoms with Crippen molar-refractivity contribution in [2.75, 3.05) is 20.8 Å². The number of ether oxygens (including phenoxy) is 4. The van der Waals surface area contributed by atoms with Gasteiger partial charge in [0.05, 0.1) is 32.5 Å². The monoisotopic (exact) mass is 493 g/mol. The van der Waals surface area contributed by atoms with Crippen molar-refractivity contribution < 1.29 is 59.1 Å². The van der Waals surface area contributed by atoms with Crippen LogP contribution in [0.5, 0.6) is 34.5 Å². The molecule has 12 nitrogen and oxygen atoms in total. The van der Waals surface area contributed by atoms with E-state index in [-0.39, 0.29) is 56.8 Å². The number of rotatable bonds is 6. The van der Waals surface area contributed by atoms with Gasteiger partial charge in [0.15, 0.2) is 11.5 Å². The summed E-state index contributed by atoms with van der Waals surface area (Å²) in [6, 6.07) is 6.50. The van der Waals surface area contributed by atoms with Crippen LogP contribution in [0, 0.1) is 0 Å². The van der Waals surface area contributed by atoms with Crippen LogP contribution in [0.2, 0.25) is 0 Å². The lowest BCUT2D eigenvalue weighted by Gasteiger charge is -2.39. The summed E-state index contributed by atoms with van der Waals surface area (Å²) in [5, 5.41) is 70.7. The number of methoxy groups -OCH3 is 2. The lowest BCUT2D eigenvalue weighted by Crippen LogP contribution is -2.60. The summed E-state index contributed by atoms with van der Waals surface area (Å²) >= 11 is 0. The lowest BCUT2D eigenvalue weighted by molar-refractivity contribution is -0.277. The summed E-state index contributed by atoms with van der Waals surface area (Å²) in [6.07, 6.45) is -7.77. The van der Waals surface area contributed by atoms with E-state index in [1.807, 2.05) is 0 Å². The van der Waals surface area contributed by atoms with Crippen molar-refractivity contribution in [3.05, 3.63) is 30.3 Å². The van der Waals surface area contributed by atoms with Crippen molar-refractivity contribution in [3.63, 3.8) is 0 Å². The van der Waals surface area contributed by atoms with E-state index in [0.29, 0.717) is 0 Å². The predicted octanol–water partition coefficient (Wildman–Crippen LogP) is 0.694. The largest absolute Gasteiger partial charge is 0.507 e. The second kappa shape index (κ2) is 9.60. The molecule has 7 N–H and O–H groups in total. The molecule has 1 saturated heterocycles. The van der Waals surface area contributed by atoms with Crippen LogP contribution >= 0.6 is 0 Å². The van der Waals surface area contributed by atoms with Crippen LogP contribution in [0.3, 0.4) is 0 Å². The Hall–Kier alpha value is -3.55. The minimum absolute atomic E-state index is 0.0175. The first kappa shape index (κ1) is 24.6. The molecule has 188 valence electrons. The molecule has 2 aromatic carbocycles. The van der Waals surface area contributed by atoms with Crippen molar-refractivity contribution in [2.45, 2.75) is 30.7 Å². The molecule has 1 aliphatic rings. The first-order chi connectivity index (χ1) is 16.7. The standard InChI is InChI=1S/C23H24O12/c1-31-14-3-9(4-15(32-2)18(14)27)22-16(7-11-12(26)5-10(25)6-13(11)33-22)34-23-21(30)20(29)19(28)17(8-24)35-23/h3-7,17,19-21,23-24,28-30H,8H2,1-2H3,(H2-,25,26,27)/p+1/t17-,19+,20+,21-,23-/m0/s1. The Bertz CT molecular complexity index is 1200. The quantitative estimate of drug-likeness (QED) is 0.238. The highest BCUT2D eigenvalue weighted by molar-refractivity contribution is 5.88. The lowest BCUT2D eigenvalue weighted by atomic mass is 9.99. The maximum atomic E-state index is 10.4. The van der Waals surface area contributed by atoms with Gasteiger partial charge >= 0.3 is 11.3 Å². The van der Waals surface area contributed by atoms with Crippen LogP contribution in [0.25, 0.3) is 22.3 Å². The molecule has 4 rings (SSSR count). The third kappa shape index (κ3) is 4.45. The fraction of sp³-hybridized carbons (Fsp3) is 0.348. The molecule has 5 atom stereocenters. The number of fused-ring (bicyclic) bond motifs is 1. The van der Waals surface area contributed by atoms with Gasteiger partial charge in [-0.3, -0.25) is 0 Å². The molecular formula is C23H25O12+. The molecule has 0 bridgehead atoms.